The van der Waals surface area contributed by atoms with Crippen LogP contribution in [-0.2, 0) is 13.1 Å². The summed E-state index contributed by atoms with van der Waals surface area (Å²) < 4.78 is 5.47. The molecule has 1 heterocycles. The van der Waals surface area contributed by atoms with Crippen LogP contribution in [-0.4, -0.2) is 11.6 Å². The third-order valence-electron chi connectivity index (χ3n) is 2.53. The molecule has 0 saturated carbocycles. The third kappa shape index (κ3) is 3.64. The molecule has 3 nitrogen and oxygen atoms in total. The first-order chi connectivity index (χ1) is 8.38. The fraction of sp³-hybridized carbons (Fsp3) is 0.286. The van der Waals surface area contributed by atoms with Crippen LogP contribution in [0.25, 0.3) is 0 Å². The summed E-state index contributed by atoms with van der Waals surface area (Å²) in [7, 11) is 0. The van der Waals surface area contributed by atoms with Gasteiger partial charge in [-0.15, -0.1) is 0 Å². The van der Waals surface area contributed by atoms with E-state index in [0.717, 1.165) is 18.8 Å². The molecule has 0 radical (unpaired) electrons. The van der Waals surface area contributed by atoms with E-state index in [9.17, 15) is 0 Å². The Bertz CT molecular complexity index is 437. The second-order valence-electron chi connectivity index (χ2n) is 3.90. The van der Waals surface area contributed by atoms with Gasteiger partial charge >= 0.3 is 0 Å². The zero-order chi connectivity index (χ0) is 11.9. The summed E-state index contributed by atoms with van der Waals surface area (Å²) in [6.45, 7) is 4.44. The van der Waals surface area contributed by atoms with Crippen LogP contribution in [0.1, 0.15) is 18.1 Å². The summed E-state index contributed by atoms with van der Waals surface area (Å²) in [5.41, 5.74) is 2.51. The smallest absolute Gasteiger partial charge is 0.119 e. The number of hydrogen-bond acceptors (Lipinski definition) is 2. The fourth-order valence-corrected chi connectivity index (χ4v) is 1.73. The molecule has 90 valence electrons. The van der Waals surface area contributed by atoms with Crippen LogP contribution in [0.2, 0.25) is 0 Å². The molecule has 17 heavy (non-hydrogen) atoms. The van der Waals surface area contributed by atoms with E-state index >= 15 is 0 Å². The maximum absolute atomic E-state index is 5.47. The van der Waals surface area contributed by atoms with Gasteiger partial charge < -0.3 is 15.0 Å². The number of hydrogen-bond donors (Lipinski definition) is 2. The number of benzene rings is 1. The first kappa shape index (κ1) is 11.7. The van der Waals surface area contributed by atoms with Gasteiger partial charge in [0.15, 0.2) is 0 Å². The molecule has 0 bridgehead atoms. The van der Waals surface area contributed by atoms with Gasteiger partial charge in [0.1, 0.15) is 5.75 Å². The van der Waals surface area contributed by atoms with Gasteiger partial charge in [-0.1, -0.05) is 12.1 Å². The SMILES string of the molecule is CCOc1cccc(CNCc2cc[nH]c2)c1. The zero-order valence-corrected chi connectivity index (χ0v) is 10.1. The van der Waals surface area contributed by atoms with Crippen molar-refractivity contribution in [2.45, 2.75) is 20.0 Å². The maximum atomic E-state index is 5.47. The molecule has 0 amide bonds. The minimum absolute atomic E-state index is 0.709. The Balaban J connectivity index is 1.84. The molecule has 0 unspecified atom stereocenters. The number of H-pyrrole nitrogens is 1. The molecule has 1 aromatic carbocycles. The van der Waals surface area contributed by atoms with Gasteiger partial charge in [0.25, 0.3) is 0 Å². The fourth-order valence-electron chi connectivity index (χ4n) is 1.73. The van der Waals surface area contributed by atoms with Crippen LogP contribution in [0.5, 0.6) is 5.75 Å². The van der Waals surface area contributed by atoms with Crippen LogP contribution in [0.15, 0.2) is 42.7 Å². The summed E-state index contributed by atoms with van der Waals surface area (Å²) in [6.07, 6.45) is 3.94. The van der Waals surface area contributed by atoms with Crippen LogP contribution >= 0.6 is 0 Å². The monoisotopic (exact) mass is 230 g/mol. The van der Waals surface area contributed by atoms with Crippen molar-refractivity contribution in [1.29, 1.82) is 0 Å². The summed E-state index contributed by atoms with van der Waals surface area (Å²) in [5, 5.41) is 3.40. The maximum Gasteiger partial charge on any atom is 0.119 e. The number of nitrogens with one attached hydrogen (secondary N) is 2. The summed E-state index contributed by atoms with van der Waals surface area (Å²) in [4.78, 5) is 3.04. The van der Waals surface area contributed by atoms with Gasteiger partial charge in [-0.3, -0.25) is 0 Å². The number of ether oxygens (including phenoxy) is 1. The first-order valence-corrected chi connectivity index (χ1v) is 5.92. The Hall–Kier alpha value is -1.74. The summed E-state index contributed by atoms with van der Waals surface area (Å²) in [6, 6.07) is 10.3. The Morgan fingerprint density at radius 2 is 2.06 bits per heavy atom. The highest BCUT2D eigenvalue weighted by Crippen LogP contribution is 2.13. The van der Waals surface area contributed by atoms with Crippen molar-refractivity contribution in [2.75, 3.05) is 6.61 Å². The van der Waals surface area contributed by atoms with Crippen molar-refractivity contribution < 1.29 is 4.74 Å². The second kappa shape index (κ2) is 6.11. The largest absolute Gasteiger partial charge is 0.494 e. The zero-order valence-electron chi connectivity index (χ0n) is 10.1. The summed E-state index contributed by atoms with van der Waals surface area (Å²) in [5.74, 6) is 0.938. The standard InChI is InChI=1S/C14H18N2O/c1-2-17-14-5-3-4-12(8-14)9-16-11-13-6-7-15-10-13/h3-8,10,15-16H,2,9,11H2,1H3. The van der Waals surface area contributed by atoms with Crippen molar-refractivity contribution in [2.24, 2.45) is 0 Å². The highest BCUT2D eigenvalue weighted by atomic mass is 16.5. The molecule has 2 N–H and O–H groups in total. The van der Waals surface area contributed by atoms with Crippen molar-refractivity contribution in [1.82, 2.24) is 10.3 Å². The van der Waals surface area contributed by atoms with E-state index in [1.54, 1.807) is 0 Å². The quantitative estimate of drug-likeness (QED) is 0.800. The van der Waals surface area contributed by atoms with E-state index in [-0.39, 0.29) is 0 Å². The highest BCUT2D eigenvalue weighted by molar-refractivity contribution is 5.28. The van der Waals surface area contributed by atoms with Crippen molar-refractivity contribution >= 4 is 0 Å². The van der Waals surface area contributed by atoms with E-state index in [1.807, 2.05) is 31.5 Å². The molecule has 0 atom stereocenters. The van der Waals surface area contributed by atoms with Crippen LogP contribution in [0, 0.1) is 0 Å². The van der Waals surface area contributed by atoms with E-state index in [1.165, 1.54) is 11.1 Å². The topological polar surface area (TPSA) is 37.0 Å². The Morgan fingerprint density at radius 3 is 2.82 bits per heavy atom. The molecule has 2 rings (SSSR count). The van der Waals surface area contributed by atoms with Crippen LogP contribution in [0.3, 0.4) is 0 Å². The lowest BCUT2D eigenvalue weighted by molar-refractivity contribution is 0.340. The van der Waals surface area contributed by atoms with Crippen LogP contribution in [0.4, 0.5) is 0 Å². The molecule has 0 fully saturated rings. The van der Waals surface area contributed by atoms with Gasteiger partial charge in [-0.2, -0.15) is 0 Å². The van der Waals surface area contributed by atoms with E-state index in [0.29, 0.717) is 6.61 Å². The van der Waals surface area contributed by atoms with E-state index < -0.39 is 0 Å². The Kier molecular flexibility index (Phi) is 4.22. The van der Waals surface area contributed by atoms with Gasteiger partial charge in [0.05, 0.1) is 6.61 Å². The second-order valence-corrected chi connectivity index (χ2v) is 3.90. The number of aromatic amines is 1. The van der Waals surface area contributed by atoms with Gasteiger partial charge in [0.2, 0.25) is 0 Å². The molecule has 0 spiro atoms. The van der Waals surface area contributed by atoms with Crippen molar-refractivity contribution in [3.8, 4) is 5.75 Å². The number of aromatic nitrogens is 1. The van der Waals surface area contributed by atoms with E-state index in [2.05, 4.69) is 28.5 Å². The molecular formula is C14H18N2O. The number of rotatable bonds is 6. The molecule has 0 saturated heterocycles. The average Bonchev–Trinajstić information content (AvgIpc) is 2.83. The molecule has 1 aromatic heterocycles. The first-order valence-electron chi connectivity index (χ1n) is 5.92. The molecule has 0 aliphatic rings. The van der Waals surface area contributed by atoms with Gasteiger partial charge in [0, 0.05) is 25.5 Å². The van der Waals surface area contributed by atoms with Gasteiger partial charge in [-0.05, 0) is 36.2 Å². The predicted molar refractivity (Wildman–Crippen MR) is 68.9 cm³/mol. The molecule has 0 aliphatic heterocycles. The average molecular weight is 230 g/mol. The predicted octanol–water partition coefficient (Wildman–Crippen LogP) is 2.70. The van der Waals surface area contributed by atoms with Crippen molar-refractivity contribution in [3.63, 3.8) is 0 Å². The minimum Gasteiger partial charge on any atom is -0.494 e. The third-order valence-corrected chi connectivity index (χ3v) is 2.53. The molecule has 0 aliphatic carbocycles. The lowest BCUT2D eigenvalue weighted by atomic mass is 10.2. The minimum atomic E-state index is 0.709. The molecular weight excluding hydrogens is 212 g/mol. The lowest BCUT2D eigenvalue weighted by Gasteiger charge is -2.07. The highest BCUT2D eigenvalue weighted by Gasteiger charge is 1.97. The van der Waals surface area contributed by atoms with Crippen molar-refractivity contribution in [3.05, 3.63) is 53.9 Å². The Morgan fingerprint density at radius 1 is 1.18 bits per heavy atom. The lowest BCUT2D eigenvalue weighted by Crippen LogP contribution is -2.12. The molecule has 2 aromatic rings. The normalized spacial score (nSPS) is 10.4. The molecule has 3 heteroatoms. The van der Waals surface area contributed by atoms with Gasteiger partial charge in [-0.25, -0.2) is 0 Å². The van der Waals surface area contributed by atoms with E-state index in [4.69, 9.17) is 4.74 Å². The van der Waals surface area contributed by atoms with Crippen LogP contribution < -0.4 is 10.1 Å². The summed E-state index contributed by atoms with van der Waals surface area (Å²) >= 11 is 0. The Labute approximate surface area is 102 Å².